The van der Waals surface area contributed by atoms with E-state index < -0.39 is 12.2 Å². The van der Waals surface area contributed by atoms with E-state index in [0.29, 0.717) is 6.42 Å². The molecule has 1 aliphatic heterocycles. The maximum Gasteiger partial charge on any atom is 0.228 e. The Kier molecular flexibility index (Phi) is 3.04. The number of nitrogens with zero attached hydrogens (tertiary/aromatic N) is 1. The van der Waals surface area contributed by atoms with Gasteiger partial charge in [0.1, 0.15) is 0 Å². The Morgan fingerprint density at radius 2 is 2.13 bits per heavy atom. The second-order valence-corrected chi connectivity index (χ2v) is 4.72. The zero-order valence-corrected chi connectivity index (χ0v) is 8.98. The molecule has 0 aliphatic carbocycles. The molecule has 2 atom stereocenters. The highest BCUT2D eigenvalue weighted by atomic mass is 32.1. The van der Waals surface area contributed by atoms with E-state index in [0.717, 1.165) is 4.88 Å². The predicted octanol–water partition coefficient (Wildman–Crippen LogP) is -0.145. The van der Waals surface area contributed by atoms with Gasteiger partial charge < -0.3 is 15.1 Å². The van der Waals surface area contributed by atoms with Crippen LogP contribution in [0, 0.1) is 0 Å². The monoisotopic (exact) mass is 227 g/mol. The summed E-state index contributed by atoms with van der Waals surface area (Å²) in [7, 11) is 0. The van der Waals surface area contributed by atoms with Crippen LogP contribution in [0.25, 0.3) is 0 Å². The van der Waals surface area contributed by atoms with Gasteiger partial charge in [-0.3, -0.25) is 4.79 Å². The second kappa shape index (κ2) is 4.30. The van der Waals surface area contributed by atoms with E-state index in [1.807, 2.05) is 17.5 Å². The van der Waals surface area contributed by atoms with Gasteiger partial charge in [0.15, 0.2) is 0 Å². The number of hydrogen-bond acceptors (Lipinski definition) is 4. The standard InChI is InChI=1S/C10H13NO3S/c12-8-5-11(6-9(8)13)10(14)4-7-2-1-3-15-7/h1-3,8-9,12-13H,4-6H2. The van der Waals surface area contributed by atoms with Gasteiger partial charge in [0.2, 0.25) is 5.91 Å². The number of aliphatic hydroxyl groups is 2. The molecule has 2 unspecified atom stereocenters. The lowest BCUT2D eigenvalue weighted by Crippen LogP contribution is -2.30. The molecular formula is C10H13NO3S. The van der Waals surface area contributed by atoms with E-state index in [9.17, 15) is 15.0 Å². The topological polar surface area (TPSA) is 60.8 Å². The molecule has 0 spiro atoms. The van der Waals surface area contributed by atoms with Gasteiger partial charge in [-0.2, -0.15) is 0 Å². The summed E-state index contributed by atoms with van der Waals surface area (Å²) in [5, 5.41) is 20.5. The van der Waals surface area contributed by atoms with Crippen LogP contribution in [-0.4, -0.2) is 46.3 Å². The Bertz CT molecular complexity index is 328. The molecule has 1 fully saturated rings. The van der Waals surface area contributed by atoms with Crippen molar-refractivity contribution in [3.63, 3.8) is 0 Å². The van der Waals surface area contributed by atoms with Gasteiger partial charge in [-0.1, -0.05) is 6.07 Å². The average Bonchev–Trinajstić information content (AvgIpc) is 2.78. The van der Waals surface area contributed by atoms with Crippen molar-refractivity contribution in [3.8, 4) is 0 Å². The van der Waals surface area contributed by atoms with Crippen molar-refractivity contribution in [1.29, 1.82) is 0 Å². The van der Waals surface area contributed by atoms with Crippen LogP contribution in [0.4, 0.5) is 0 Å². The van der Waals surface area contributed by atoms with Crippen molar-refractivity contribution in [2.24, 2.45) is 0 Å². The molecule has 0 saturated carbocycles. The van der Waals surface area contributed by atoms with E-state index in [-0.39, 0.29) is 19.0 Å². The summed E-state index contributed by atoms with van der Waals surface area (Å²) in [4.78, 5) is 14.2. The van der Waals surface area contributed by atoms with Crippen LogP contribution >= 0.6 is 11.3 Å². The molecule has 2 heterocycles. The first kappa shape index (κ1) is 10.6. The van der Waals surface area contributed by atoms with Crippen molar-refractivity contribution in [2.75, 3.05) is 13.1 Å². The highest BCUT2D eigenvalue weighted by Gasteiger charge is 2.32. The lowest BCUT2D eigenvalue weighted by atomic mass is 10.3. The Hall–Kier alpha value is -0.910. The third-order valence-electron chi connectivity index (χ3n) is 2.52. The fourth-order valence-corrected chi connectivity index (χ4v) is 2.34. The first-order valence-corrected chi connectivity index (χ1v) is 5.71. The largest absolute Gasteiger partial charge is 0.388 e. The van der Waals surface area contributed by atoms with Crippen molar-refractivity contribution in [3.05, 3.63) is 22.4 Å². The van der Waals surface area contributed by atoms with Crippen molar-refractivity contribution < 1.29 is 15.0 Å². The smallest absolute Gasteiger partial charge is 0.228 e. The van der Waals surface area contributed by atoms with Crippen LogP contribution < -0.4 is 0 Å². The summed E-state index contributed by atoms with van der Waals surface area (Å²) in [5.74, 6) is -0.0342. The molecule has 4 nitrogen and oxygen atoms in total. The van der Waals surface area contributed by atoms with Crippen LogP contribution in [0.15, 0.2) is 17.5 Å². The van der Waals surface area contributed by atoms with Crippen molar-refractivity contribution >= 4 is 17.2 Å². The number of rotatable bonds is 2. The van der Waals surface area contributed by atoms with Crippen LogP contribution in [0.5, 0.6) is 0 Å². The highest BCUT2D eigenvalue weighted by molar-refractivity contribution is 7.10. The molecule has 0 bridgehead atoms. The number of likely N-dealkylation sites (tertiary alicyclic amines) is 1. The Morgan fingerprint density at radius 3 is 2.67 bits per heavy atom. The zero-order chi connectivity index (χ0) is 10.8. The summed E-state index contributed by atoms with van der Waals surface area (Å²) in [6.45, 7) is 0.483. The molecule has 0 radical (unpaired) electrons. The third kappa shape index (κ3) is 2.37. The van der Waals surface area contributed by atoms with E-state index in [2.05, 4.69) is 0 Å². The Balaban J connectivity index is 1.92. The number of aliphatic hydroxyl groups excluding tert-OH is 2. The Labute approximate surface area is 91.8 Å². The van der Waals surface area contributed by atoms with Crippen LogP contribution in [0.1, 0.15) is 4.88 Å². The molecule has 1 aromatic rings. The quantitative estimate of drug-likeness (QED) is 0.739. The number of carbonyl (C=O) groups excluding carboxylic acids is 1. The van der Waals surface area contributed by atoms with Gasteiger partial charge in [0, 0.05) is 18.0 Å². The average molecular weight is 227 g/mol. The van der Waals surface area contributed by atoms with Crippen LogP contribution in [-0.2, 0) is 11.2 Å². The number of amides is 1. The minimum Gasteiger partial charge on any atom is -0.388 e. The number of β-amino-alcohol motifs (C(OH)–C–C–N with tert-alkyl or cyclic N) is 2. The van der Waals surface area contributed by atoms with Gasteiger partial charge in [-0.25, -0.2) is 0 Å². The maximum absolute atomic E-state index is 11.7. The first-order valence-electron chi connectivity index (χ1n) is 4.83. The minimum atomic E-state index is -0.794. The molecule has 2 rings (SSSR count). The predicted molar refractivity (Wildman–Crippen MR) is 56.6 cm³/mol. The van der Waals surface area contributed by atoms with Crippen molar-refractivity contribution in [2.45, 2.75) is 18.6 Å². The molecule has 1 amide bonds. The molecule has 2 N–H and O–H groups in total. The van der Waals surface area contributed by atoms with Gasteiger partial charge in [-0.05, 0) is 11.4 Å². The molecule has 15 heavy (non-hydrogen) atoms. The summed E-state index contributed by atoms with van der Waals surface area (Å²) >= 11 is 1.54. The van der Waals surface area contributed by atoms with E-state index in [1.54, 1.807) is 0 Å². The molecule has 5 heteroatoms. The number of thiophene rings is 1. The van der Waals surface area contributed by atoms with E-state index in [1.165, 1.54) is 16.2 Å². The molecule has 1 aromatic heterocycles. The third-order valence-corrected chi connectivity index (χ3v) is 3.39. The van der Waals surface area contributed by atoms with Gasteiger partial charge in [0.05, 0.1) is 18.6 Å². The van der Waals surface area contributed by atoms with E-state index >= 15 is 0 Å². The lowest BCUT2D eigenvalue weighted by Gasteiger charge is -2.14. The summed E-state index contributed by atoms with van der Waals surface area (Å²) in [6.07, 6.45) is -1.23. The second-order valence-electron chi connectivity index (χ2n) is 3.69. The molecule has 1 saturated heterocycles. The molecule has 1 aliphatic rings. The molecule has 82 valence electrons. The highest BCUT2D eigenvalue weighted by Crippen LogP contribution is 2.14. The van der Waals surface area contributed by atoms with Gasteiger partial charge >= 0.3 is 0 Å². The summed E-state index contributed by atoms with van der Waals surface area (Å²) in [6, 6.07) is 3.81. The maximum atomic E-state index is 11.7. The fourth-order valence-electron chi connectivity index (χ4n) is 1.65. The lowest BCUT2D eigenvalue weighted by molar-refractivity contribution is -0.129. The molecular weight excluding hydrogens is 214 g/mol. The zero-order valence-electron chi connectivity index (χ0n) is 8.17. The summed E-state index contributed by atoms with van der Waals surface area (Å²) < 4.78 is 0. The fraction of sp³-hybridized carbons (Fsp3) is 0.500. The normalized spacial score (nSPS) is 25.9. The number of carbonyl (C=O) groups is 1. The SMILES string of the molecule is O=C(Cc1cccs1)N1CC(O)C(O)C1. The minimum absolute atomic E-state index is 0.0342. The Morgan fingerprint density at radius 1 is 1.47 bits per heavy atom. The summed E-state index contributed by atoms with van der Waals surface area (Å²) in [5.41, 5.74) is 0. The van der Waals surface area contributed by atoms with Gasteiger partial charge in [-0.15, -0.1) is 11.3 Å². The first-order chi connectivity index (χ1) is 7.16. The van der Waals surface area contributed by atoms with E-state index in [4.69, 9.17) is 0 Å². The number of hydrogen-bond donors (Lipinski definition) is 2. The molecule has 0 aromatic carbocycles. The van der Waals surface area contributed by atoms with Crippen LogP contribution in [0.2, 0.25) is 0 Å². The van der Waals surface area contributed by atoms with Crippen LogP contribution in [0.3, 0.4) is 0 Å². The van der Waals surface area contributed by atoms with Gasteiger partial charge in [0.25, 0.3) is 0 Å². The van der Waals surface area contributed by atoms with Crippen molar-refractivity contribution in [1.82, 2.24) is 4.90 Å².